The van der Waals surface area contributed by atoms with Gasteiger partial charge in [-0.2, -0.15) is 0 Å². The number of nitrogens with zero attached hydrogens (tertiary/aromatic N) is 5. The van der Waals surface area contributed by atoms with Crippen LogP contribution in [0.4, 0.5) is 32.2 Å². The Morgan fingerprint density at radius 3 is 2.69 bits per heavy atom. The Bertz CT molecular complexity index is 2260. The van der Waals surface area contributed by atoms with Crippen molar-refractivity contribution < 1.29 is 23.0 Å². The number of carbonyl (C=O) groups is 2. The third-order valence-corrected chi connectivity index (χ3v) is 13.9. The molecule has 5 heterocycles. The number of amides is 3. The standard InChI is InChI=1S/C47H57FN8O3.3H2/c1-29-21-41(32(4)44-42(22-29)59-20-15-49-44)55-16-10-35-27-50-45(52-39(35)28-55)51-36-6-5-33(38(48)25-36)23-30(2)34-9-12-47(26-34)13-18-54(19-14-47)37-7-8-40(31(3)24-37)56-17-11-43(57)53-46(56)58;;;/h5-8,24-25,27,29,34,49H,2,9-23,26,28H2,1,3-4H3,(H,50,51,52)(H,53,57,58);3*1H. The maximum atomic E-state index is 15.7. The maximum Gasteiger partial charge on any atom is 0.328 e. The summed E-state index contributed by atoms with van der Waals surface area (Å²) in [5.74, 6) is 1.98. The van der Waals surface area contributed by atoms with Gasteiger partial charge >= 0.3 is 6.03 Å². The van der Waals surface area contributed by atoms with Gasteiger partial charge in [0.1, 0.15) is 18.2 Å². The molecule has 1 spiro atoms. The molecule has 2 saturated heterocycles. The van der Waals surface area contributed by atoms with Gasteiger partial charge in [0.15, 0.2) is 0 Å². The summed E-state index contributed by atoms with van der Waals surface area (Å²) in [4.78, 5) is 40.2. The van der Waals surface area contributed by atoms with Crippen molar-refractivity contribution in [1.29, 1.82) is 0 Å². The van der Waals surface area contributed by atoms with Crippen LogP contribution in [0.15, 0.2) is 77.5 Å². The predicted molar refractivity (Wildman–Crippen MR) is 235 cm³/mol. The summed E-state index contributed by atoms with van der Waals surface area (Å²) in [6, 6.07) is 11.3. The lowest BCUT2D eigenvalue weighted by Crippen LogP contribution is -2.49. The van der Waals surface area contributed by atoms with Crippen molar-refractivity contribution in [1.82, 2.24) is 25.5 Å². The Morgan fingerprint density at radius 1 is 1.05 bits per heavy atom. The van der Waals surface area contributed by atoms with Crippen LogP contribution < -0.4 is 25.8 Å². The number of carbonyl (C=O) groups excluding carboxylic acids is 2. The lowest BCUT2D eigenvalue weighted by Gasteiger charge is -2.41. The first kappa shape index (κ1) is 39.1. The van der Waals surface area contributed by atoms with Crippen LogP contribution in [0.5, 0.6) is 0 Å². The summed E-state index contributed by atoms with van der Waals surface area (Å²) in [6.45, 7) is 16.6. The zero-order valence-corrected chi connectivity index (χ0v) is 34.8. The topological polar surface area (TPSA) is 115 Å². The molecular weight excluding hydrogens is 744 g/mol. The summed E-state index contributed by atoms with van der Waals surface area (Å²) in [6.07, 6.45) is 11.2. The van der Waals surface area contributed by atoms with Crippen LogP contribution in [0.2, 0.25) is 0 Å². The second kappa shape index (κ2) is 16.0. The van der Waals surface area contributed by atoms with Crippen molar-refractivity contribution in [2.24, 2.45) is 17.3 Å². The molecule has 1 aromatic heterocycles. The van der Waals surface area contributed by atoms with E-state index >= 15 is 4.39 Å². The molecule has 1 saturated carbocycles. The number of nitrogens with one attached hydrogen (secondary N) is 3. The van der Waals surface area contributed by atoms with Crippen LogP contribution in [0.25, 0.3) is 0 Å². The highest BCUT2D eigenvalue weighted by Gasteiger charge is 2.42. The molecule has 3 fully saturated rings. The number of halogens is 1. The van der Waals surface area contributed by atoms with Gasteiger partial charge in [0.05, 0.1) is 17.9 Å². The average molecular weight is 807 g/mol. The highest BCUT2D eigenvalue weighted by Crippen LogP contribution is 2.51. The first-order valence-corrected chi connectivity index (χ1v) is 21.6. The number of hydrogen-bond donors (Lipinski definition) is 3. The van der Waals surface area contributed by atoms with Crippen LogP contribution in [0.3, 0.4) is 0 Å². The molecule has 3 aromatic rings. The van der Waals surface area contributed by atoms with Gasteiger partial charge in [-0.05, 0) is 135 Å². The normalized spacial score (nSPS) is 23.0. The lowest BCUT2D eigenvalue weighted by molar-refractivity contribution is -0.120. The Morgan fingerprint density at radius 2 is 1.90 bits per heavy atom. The van der Waals surface area contributed by atoms with E-state index in [0.717, 1.165) is 117 Å². The fourth-order valence-electron chi connectivity index (χ4n) is 10.5. The SMILES string of the molecule is C=C(Cc1ccc(Nc2ncc3c(n2)CN(C2=C(C)C4=C(CC(C)C2)OCCN4)CC3)cc1F)C1CCC2(CCN(c3ccc(N4CCC(=O)NC4=O)c(C)c3)CC2)C1.[HH].[HH].[HH]. The first-order chi connectivity index (χ1) is 28.5. The van der Waals surface area contributed by atoms with Crippen LogP contribution in [-0.2, 0) is 28.9 Å². The third kappa shape index (κ3) is 8.02. The van der Waals surface area contributed by atoms with Crippen molar-refractivity contribution >= 4 is 34.9 Å². The average Bonchev–Trinajstić information content (AvgIpc) is 3.59. The van der Waals surface area contributed by atoms with Gasteiger partial charge in [-0.25, -0.2) is 19.2 Å². The molecule has 0 radical (unpaired) electrons. The zero-order chi connectivity index (χ0) is 40.8. The Balaban J connectivity index is 0.00000214. The van der Waals surface area contributed by atoms with Gasteiger partial charge in [-0.15, -0.1) is 0 Å². The number of piperidine rings is 1. The number of imide groups is 1. The van der Waals surface area contributed by atoms with Gasteiger partial charge in [0.2, 0.25) is 11.9 Å². The minimum atomic E-state index is -0.354. The number of fused-ring (bicyclic) bond motifs is 1. The van der Waals surface area contributed by atoms with Crippen molar-refractivity contribution in [3.05, 3.63) is 106 Å². The number of anilines is 4. The molecule has 3 N–H and O–H groups in total. The smallest absolute Gasteiger partial charge is 0.328 e. The number of aryl methyl sites for hydroxylation is 1. The number of urea groups is 1. The number of hydrogen-bond acceptors (Lipinski definition) is 9. The molecule has 2 aromatic carbocycles. The lowest BCUT2D eigenvalue weighted by atomic mass is 9.75. The summed E-state index contributed by atoms with van der Waals surface area (Å²) >= 11 is 0. The van der Waals surface area contributed by atoms with E-state index < -0.39 is 0 Å². The van der Waals surface area contributed by atoms with Crippen molar-refractivity contribution in [2.75, 3.05) is 54.4 Å². The van der Waals surface area contributed by atoms with Gasteiger partial charge in [0, 0.05) is 78.8 Å². The molecule has 6 aliphatic rings. The van der Waals surface area contributed by atoms with E-state index in [1.54, 1.807) is 11.0 Å². The van der Waals surface area contributed by atoms with E-state index in [1.807, 2.05) is 31.3 Å². The summed E-state index contributed by atoms with van der Waals surface area (Å²) < 4.78 is 21.8. The minimum absolute atomic E-state index is 0. The number of benzene rings is 2. The molecule has 2 unspecified atom stereocenters. The third-order valence-electron chi connectivity index (χ3n) is 13.9. The molecule has 4 aliphatic heterocycles. The number of ether oxygens (including phenoxy) is 1. The maximum absolute atomic E-state index is 15.7. The van der Waals surface area contributed by atoms with Crippen LogP contribution in [0, 0.1) is 30.0 Å². The van der Waals surface area contributed by atoms with Gasteiger partial charge < -0.3 is 25.2 Å². The fraction of sp³-hybridized carbons (Fsp3) is 0.489. The van der Waals surface area contributed by atoms with Crippen LogP contribution in [-0.4, -0.2) is 66.1 Å². The van der Waals surface area contributed by atoms with Gasteiger partial charge in [-0.1, -0.05) is 25.1 Å². The molecule has 12 heteroatoms. The van der Waals surface area contributed by atoms with E-state index in [1.165, 1.54) is 23.4 Å². The Labute approximate surface area is 351 Å². The summed E-state index contributed by atoms with van der Waals surface area (Å²) in [7, 11) is 0. The van der Waals surface area contributed by atoms with E-state index in [9.17, 15) is 9.59 Å². The molecule has 9 rings (SSSR count). The Hall–Kier alpha value is -5.39. The first-order valence-electron chi connectivity index (χ1n) is 21.6. The van der Waals surface area contributed by atoms with Crippen molar-refractivity contribution in [3.63, 3.8) is 0 Å². The highest BCUT2D eigenvalue weighted by molar-refractivity contribution is 6.06. The molecule has 2 aliphatic carbocycles. The predicted octanol–water partition coefficient (Wildman–Crippen LogP) is 8.93. The molecule has 11 nitrogen and oxygen atoms in total. The molecule has 316 valence electrons. The molecule has 2 atom stereocenters. The second-order valence-electron chi connectivity index (χ2n) is 17.9. The van der Waals surface area contributed by atoms with E-state index in [-0.39, 0.29) is 22.0 Å². The van der Waals surface area contributed by atoms with Crippen molar-refractivity contribution in [3.8, 4) is 0 Å². The quantitative estimate of drug-likeness (QED) is 0.192. The molecule has 3 amide bonds. The Kier molecular flexibility index (Phi) is 10.6. The summed E-state index contributed by atoms with van der Waals surface area (Å²) in [5, 5.41) is 9.31. The van der Waals surface area contributed by atoms with Crippen LogP contribution in [0.1, 0.15) is 91.9 Å². The number of allylic oxidation sites excluding steroid dienone is 4. The van der Waals surface area contributed by atoms with E-state index in [0.29, 0.717) is 60.4 Å². The highest BCUT2D eigenvalue weighted by atomic mass is 19.1. The van der Waals surface area contributed by atoms with E-state index in [2.05, 4.69) is 63.3 Å². The monoisotopic (exact) mass is 807 g/mol. The minimum Gasteiger partial charge on any atom is -0.494 e. The van der Waals surface area contributed by atoms with Crippen LogP contribution >= 0.6 is 0 Å². The molecular formula is C47H63FN8O3. The van der Waals surface area contributed by atoms with E-state index in [4.69, 9.17) is 9.72 Å². The van der Waals surface area contributed by atoms with Gasteiger partial charge in [0.25, 0.3) is 0 Å². The zero-order valence-electron chi connectivity index (χ0n) is 34.8. The second-order valence-corrected chi connectivity index (χ2v) is 17.9. The molecule has 0 bridgehead atoms. The van der Waals surface area contributed by atoms with Crippen molar-refractivity contribution in [2.45, 2.75) is 91.5 Å². The number of aromatic nitrogens is 2. The largest absolute Gasteiger partial charge is 0.494 e. The van der Waals surface area contributed by atoms with Gasteiger partial charge in [-0.3, -0.25) is 15.0 Å². The molecule has 59 heavy (non-hydrogen) atoms. The number of rotatable bonds is 8. The summed E-state index contributed by atoms with van der Waals surface area (Å²) in [5.41, 5.74) is 11.7. The fourth-order valence-corrected chi connectivity index (χ4v) is 10.5.